The first kappa shape index (κ1) is 12.8. The SMILES string of the molecule is CC(C)(C)[C@H](N)C(=O)N1CCC2(CCOC2)C1. The van der Waals surface area contributed by atoms with Gasteiger partial charge in [0.15, 0.2) is 0 Å². The number of ether oxygens (including phenoxy) is 1. The fourth-order valence-electron chi connectivity index (χ4n) is 2.66. The molecule has 2 aliphatic heterocycles. The number of hydrogen-bond donors (Lipinski definition) is 1. The van der Waals surface area contributed by atoms with E-state index in [0.717, 1.165) is 39.1 Å². The predicted molar refractivity (Wildman–Crippen MR) is 66.5 cm³/mol. The highest BCUT2D eigenvalue weighted by molar-refractivity contribution is 5.82. The molecular formula is C13H24N2O2. The zero-order valence-electron chi connectivity index (χ0n) is 11.2. The summed E-state index contributed by atoms with van der Waals surface area (Å²) in [5.74, 6) is 0.0984. The van der Waals surface area contributed by atoms with Gasteiger partial charge in [0.25, 0.3) is 0 Å². The van der Waals surface area contributed by atoms with Crippen LogP contribution in [-0.2, 0) is 9.53 Å². The van der Waals surface area contributed by atoms with E-state index < -0.39 is 6.04 Å². The monoisotopic (exact) mass is 240 g/mol. The number of nitrogens with two attached hydrogens (primary N) is 1. The summed E-state index contributed by atoms with van der Waals surface area (Å²) in [7, 11) is 0. The van der Waals surface area contributed by atoms with Crippen molar-refractivity contribution in [1.82, 2.24) is 4.90 Å². The number of rotatable bonds is 1. The van der Waals surface area contributed by atoms with E-state index in [1.807, 2.05) is 25.7 Å². The molecule has 2 atom stereocenters. The molecule has 2 saturated heterocycles. The second-order valence-corrected chi connectivity index (χ2v) is 6.66. The Kier molecular flexibility index (Phi) is 3.21. The van der Waals surface area contributed by atoms with Crippen LogP contribution in [-0.4, -0.2) is 43.2 Å². The summed E-state index contributed by atoms with van der Waals surface area (Å²) in [6, 6.07) is -0.403. The molecule has 2 N–H and O–H groups in total. The van der Waals surface area contributed by atoms with E-state index in [1.165, 1.54) is 0 Å². The summed E-state index contributed by atoms with van der Waals surface area (Å²) in [5, 5.41) is 0. The summed E-state index contributed by atoms with van der Waals surface area (Å²) in [4.78, 5) is 14.2. The Morgan fingerprint density at radius 3 is 2.65 bits per heavy atom. The van der Waals surface area contributed by atoms with Crippen LogP contribution in [0.25, 0.3) is 0 Å². The molecule has 2 fully saturated rings. The van der Waals surface area contributed by atoms with Crippen LogP contribution in [0.3, 0.4) is 0 Å². The first-order chi connectivity index (χ1) is 7.84. The van der Waals surface area contributed by atoms with E-state index in [2.05, 4.69) is 0 Å². The van der Waals surface area contributed by atoms with Gasteiger partial charge in [0.05, 0.1) is 12.6 Å². The highest BCUT2D eigenvalue weighted by Gasteiger charge is 2.44. The third-order valence-electron chi connectivity index (χ3n) is 4.13. The third kappa shape index (κ3) is 2.47. The summed E-state index contributed by atoms with van der Waals surface area (Å²) in [5.41, 5.74) is 6.10. The van der Waals surface area contributed by atoms with Crippen LogP contribution >= 0.6 is 0 Å². The van der Waals surface area contributed by atoms with Crippen molar-refractivity contribution in [2.45, 2.75) is 39.7 Å². The average molecular weight is 240 g/mol. The lowest BCUT2D eigenvalue weighted by Crippen LogP contribution is -2.50. The fourth-order valence-corrected chi connectivity index (χ4v) is 2.66. The minimum absolute atomic E-state index is 0.0984. The first-order valence-electron chi connectivity index (χ1n) is 6.46. The number of likely N-dealkylation sites (tertiary alicyclic amines) is 1. The number of hydrogen-bond acceptors (Lipinski definition) is 3. The van der Waals surface area contributed by atoms with Crippen LogP contribution < -0.4 is 5.73 Å². The Morgan fingerprint density at radius 1 is 1.41 bits per heavy atom. The molecule has 0 aromatic rings. The third-order valence-corrected chi connectivity index (χ3v) is 4.13. The Labute approximate surface area is 103 Å². The lowest BCUT2D eigenvalue weighted by atomic mass is 9.85. The van der Waals surface area contributed by atoms with Gasteiger partial charge < -0.3 is 15.4 Å². The first-order valence-corrected chi connectivity index (χ1v) is 6.46. The van der Waals surface area contributed by atoms with Crippen molar-refractivity contribution in [2.75, 3.05) is 26.3 Å². The van der Waals surface area contributed by atoms with Crippen molar-refractivity contribution < 1.29 is 9.53 Å². The van der Waals surface area contributed by atoms with Gasteiger partial charge in [-0.3, -0.25) is 4.79 Å². The van der Waals surface area contributed by atoms with Crippen molar-refractivity contribution in [3.05, 3.63) is 0 Å². The maximum absolute atomic E-state index is 12.3. The predicted octanol–water partition coefficient (Wildman–Crippen LogP) is 0.999. The van der Waals surface area contributed by atoms with E-state index in [0.29, 0.717) is 0 Å². The number of carbonyl (C=O) groups excluding carboxylic acids is 1. The lowest BCUT2D eigenvalue weighted by Gasteiger charge is -2.30. The maximum atomic E-state index is 12.3. The molecule has 4 heteroatoms. The molecule has 0 saturated carbocycles. The van der Waals surface area contributed by atoms with Crippen molar-refractivity contribution in [3.8, 4) is 0 Å². The quantitative estimate of drug-likeness (QED) is 0.744. The maximum Gasteiger partial charge on any atom is 0.240 e. The largest absolute Gasteiger partial charge is 0.381 e. The van der Waals surface area contributed by atoms with Gasteiger partial charge in [-0.15, -0.1) is 0 Å². The van der Waals surface area contributed by atoms with Crippen molar-refractivity contribution in [3.63, 3.8) is 0 Å². The van der Waals surface area contributed by atoms with Crippen molar-refractivity contribution in [1.29, 1.82) is 0 Å². The Bertz CT molecular complexity index is 303. The summed E-state index contributed by atoms with van der Waals surface area (Å²) >= 11 is 0. The van der Waals surface area contributed by atoms with Gasteiger partial charge in [-0.1, -0.05) is 20.8 Å². The van der Waals surface area contributed by atoms with Gasteiger partial charge in [0.2, 0.25) is 5.91 Å². The fraction of sp³-hybridized carbons (Fsp3) is 0.923. The highest BCUT2D eigenvalue weighted by atomic mass is 16.5. The minimum Gasteiger partial charge on any atom is -0.381 e. The molecule has 2 rings (SSSR count). The van der Waals surface area contributed by atoms with E-state index in [-0.39, 0.29) is 16.7 Å². The molecule has 0 aromatic carbocycles. The molecule has 0 aliphatic carbocycles. The van der Waals surface area contributed by atoms with Crippen LogP contribution in [0.4, 0.5) is 0 Å². The molecule has 0 radical (unpaired) electrons. The minimum atomic E-state index is -0.403. The number of nitrogens with zero attached hydrogens (tertiary/aromatic N) is 1. The van der Waals surface area contributed by atoms with E-state index >= 15 is 0 Å². The van der Waals surface area contributed by atoms with Gasteiger partial charge in [-0.25, -0.2) is 0 Å². The number of amides is 1. The molecule has 1 amide bonds. The molecule has 98 valence electrons. The van der Waals surface area contributed by atoms with Gasteiger partial charge in [-0.05, 0) is 18.3 Å². The average Bonchev–Trinajstić information content (AvgIpc) is 2.86. The second-order valence-electron chi connectivity index (χ2n) is 6.66. The summed E-state index contributed by atoms with van der Waals surface area (Å²) in [6.45, 7) is 9.36. The lowest BCUT2D eigenvalue weighted by molar-refractivity contribution is -0.134. The van der Waals surface area contributed by atoms with Crippen LogP contribution in [0.15, 0.2) is 0 Å². The highest BCUT2D eigenvalue weighted by Crippen LogP contribution is 2.38. The van der Waals surface area contributed by atoms with Crippen molar-refractivity contribution >= 4 is 5.91 Å². The van der Waals surface area contributed by atoms with Crippen LogP contribution in [0.1, 0.15) is 33.6 Å². The van der Waals surface area contributed by atoms with Gasteiger partial charge >= 0.3 is 0 Å². The van der Waals surface area contributed by atoms with Crippen LogP contribution in [0.5, 0.6) is 0 Å². The summed E-state index contributed by atoms with van der Waals surface area (Å²) in [6.07, 6.45) is 2.15. The van der Waals surface area contributed by atoms with E-state index in [1.54, 1.807) is 0 Å². The smallest absolute Gasteiger partial charge is 0.240 e. The van der Waals surface area contributed by atoms with E-state index in [9.17, 15) is 4.79 Å². The normalized spacial score (nSPS) is 31.2. The molecular weight excluding hydrogens is 216 g/mol. The zero-order chi connectivity index (χ0) is 12.7. The van der Waals surface area contributed by atoms with Gasteiger partial charge in [0, 0.05) is 25.1 Å². The second kappa shape index (κ2) is 4.25. The molecule has 17 heavy (non-hydrogen) atoms. The molecule has 2 aliphatic rings. The van der Waals surface area contributed by atoms with Gasteiger partial charge in [0.1, 0.15) is 0 Å². The molecule has 4 nitrogen and oxygen atoms in total. The molecule has 2 heterocycles. The van der Waals surface area contributed by atoms with Crippen LogP contribution in [0, 0.1) is 10.8 Å². The van der Waals surface area contributed by atoms with Crippen LogP contribution in [0.2, 0.25) is 0 Å². The zero-order valence-corrected chi connectivity index (χ0v) is 11.2. The Hall–Kier alpha value is -0.610. The molecule has 1 spiro atoms. The Morgan fingerprint density at radius 2 is 2.12 bits per heavy atom. The Balaban J connectivity index is 1.99. The topological polar surface area (TPSA) is 55.6 Å². The molecule has 0 bridgehead atoms. The van der Waals surface area contributed by atoms with Crippen molar-refractivity contribution in [2.24, 2.45) is 16.6 Å². The molecule has 1 unspecified atom stereocenters. The molecule has 0 aromatic heterocycles. The summed E-state index contributed by atoms with van der Waals surface area (Å²) < 4.78 is 5.47. The van der Waals surface area contributed by atoms with Gasteiger partial charge in [-0.2, -0.15) is 0 Å². The standard InChI is InChI=1S/C13H24N2O2/c1-12(2,3)10(14)11(16)15-6-4-13(8-15)5-7-17-9-13/h10H,4-9,14H2,1-3H3/t10-,13?/m1/s1. The van der Waals surface area contributed by atoms with E-state index in [4.69, 9.17) is 10.5 Å². The number of carbonyl (C=O) groups is 1.